The number of aromatic nitrogens is 2. The van der Waals surface area contributed by atoms with Gasteiger partial charge in [0.15, 0.2) is 5.82 Å². The van der Waals surface area contributed by atoms with E-state index in [0.717, 1.165) is 12.0 Å². The van der Waals surface area contributed by atoms with Gasteiger partial charge >= 0.3 is 0 Å². The predicted molar refractivity (Wildman–Crippen MR) is 67.9 cm³/mol. The van der Waals surface area contributed by atoms with Crippen LogP contribution in [0.3, 0.4) is 0 Å². The van der Waals surface area contributed by atoms with E-state index in [0.29, 0.717) is 16.7 Å². The van der Waals surface area contributed by atoms with Gasteiger partial charge in [-0.1, -0.05) is 43.3 Å². The third kappa shape index (κ3) is 3.21. The quantitative estimate of drug-likeness (QED) is 0.645. The molecular weight excluding hydrogens is 222 g/mol. The normalized spacial score (nSPS) is 12.0. The third-order valence-electron chi connectivity index (χ3n) is 1.97. The molecular formula is C12H14ClN3. The minimum atomic E-state index is 0.441. The molecule has 0 aliphatic heterocycles. The van der Waals surface area contributed by atoms with Crippen molar-refractivity contribution in [2.24, 2.45) is 5.73 Å². The van der Waals surface area contributed by atoms with Gasteiger partial charge in [-0.25, -0.2) is 9.97 Å². The van der Waals surface area contributed by atoms with Crippen LogP contribution in [0.2, 0.25) is 5.15 Å². The molecule has 4 heteroatoms. The Labute approximate surface area is 100 Å². The second-order valence-corrected chi connectivity index (χ2v) is 3.46. The van der Waals surface area contributed by atoms with Gasteiger partial charge in [-0.05, 0) is 12.5 Å². The van der Waals surface area contributed by atoms with E-state index in [4.69, 9.17) is 17.3 Å². The average Bonchev–Trinajstić information content (AvgIpc) is 2.29. The molecule has 1 heterocycles. The number of aryl methyl sites for hydroxylation is 1. The van der Waals surface area contributed by atoms with Crippen LogP contribution in [0.5, 0.6) is 0 Å². The number of nitrogens with two attached hydrogens (primary N) is 1. The van der Waals surface area contributed by atoms with Crippen molar-refractivity contribution in [3.05, 3.63) is 53.6 Å². The zero-order valence-electron chi connectivity index (χ0n) is 9.15. The van der Waals surface area contributed by atoms with E-state index in [1.165, 1.54) is 0 Å². The van der Waals surface area contributed by atoms with Crippen molar-refractivity contribution in [3.8, 4) is 0 Å². The molecule has 0 fully saturated rings. The van der Waals surface area contributed by atoms with Crippen molar-refractivity contribution in [1.82, 2.24) is 9.97 Å². The van der Waals surface area contributed by atoms with Crippen LogP contribution in [0.4, 0.5) is 0 Å². The molecule has 0 saturated heterocycles. The lowest BCUT2D eigenvalue weighted by molar-refractivity contribution is 1.02. The van der Waals surface area contributed by atoms with Gasteiger partial charge in [-0.15, -0.1) is 0 Å². The van der Waals surface area contributed by atoms with Gasteiger partial charge < -0.3 is 5.73 Å². The molecule has 0 aliphatic rings. The van der Waals surface area contributed by atoms with Crippen LogP contribution in [0.25, 0.3) is 5.70 Å². The van der Waals surface area contributed by atoms with E-state index in [-0.39, 0.29) is 0 Å². The molecule has 16 heavy (non-hydrogen) atoms. The first kappa shape index (κ1) is 12.5. The Hall–Kier alpha value is -1.61. The van der Waals surface area contributed by atoms with Crippen LogP contribution < -0.4 is 5.73 Å². The summed E-state index contributed by atoms with van der Waals surface area (Å²) in [5, 5.41) is 0.455. The highest BCUT2D eigenvalue weighted by molar-refractivity contribution is 6.30. The molecule has 3 nitrogen and oxygen atoms in total. The van der Waals surface area contributed by atoms with Crippen molar-refractivity contribution >= 4 is 17.3 Å². The first-order chi connectivity index (χ1) is 7.69. The molecule has 0 saturated carbocycles. The van der Waals surface area contributed by atoms with E-state index in [2.05, 4.69) is 16.5 Å². The maximum absolute atomic E-state index is 5.97. The van der Waals surface area contributed by atoms with Crippen molar-refractivity contribution in [2.45, 2.75) is 13.3 Å². The number of allylic oxidation sites excluding steroid dienone is 4. The van der Waals surface area contributed by atoms with Crippen LogP contribution in [-0.2, 0) is 6.42 Å². The molecule has 0 aromatic carbocycles. The molecule has 0 radical (unpaired) electrons. The second kappa shape index (κ2) is 6.08. The van der Waals surface area contributed by atoms with E-state index >= 15 is 0 Å². The van der Waals surface area contributed by atoms with E-state index in [1.54, 1.807) is 30.5 Å². The first-order valence-electron chi connectivity index (χ1n) is 4.95. The van der Waals surface area contributed by atoms with E-state index in [9.17, 15) is 0 Å². The fourth-order valence-corrected chi connectivity index (χ4v) is 1.34. The van der Waals surface area contributed by atoms with Gasteiger partial charge in [0, 0.05) is 11.8 Å². The fraction of sp³-hybridized carbons (Fsp3) is 0.167. The van der Waals surface area contributed by atoms with E-state index < -0.39 is 0 Å². The predicted octanol–water partition coefficient (Wildman–Crippen LogP) is 2.73. The van der Waals surface area contributed by atoms with Crippen LogP contribution >= 0.6 is 11.6 Å². The molecule has 0 bridgehead atoms. The molecule has 0 atom stereocenters. The third-order valence-corrected chi connectivity index (χ3v) is 2.30. The maximum atomic E-state index is 5.97. The van der Waals surface area contributed by atoms with Crippen LogP contribution in [0.1, 0.15) is 18.3 Å². The van der Waals surface area contributed by atoms with Gasteiger partial charge in [0.2, 0.25) is 0 Å². The summed E-state index contributed by atoms with van der Waals surface area (Å²) in [7, 11) is 0. The molecule has 1 aromatic heterocycles. The highest BCUT2D eigenvalue weighted by Crippen LogP contribution is 2.14. The molecule has 1 aromatic rings. The van der Waals surface area contributed by atoms with Gasteiger partial charge in [-0.3, -0.25) is 0 Å². The highest BCUT2D eigenvalue weighted by Gasteiger charge is 2.04. The van der Waals surface area contributed by atoms with Gasteiger partial charge in [0.05, 0.1) is 5.70 Å². The summed E-state index contributed by atoms with van der Waals surface area (Å²) in [6.07, 6.45) is 9.42. The Morgan fingerprint density at radius 1 is 1.56 bits per heavy atom. The molecule has 0 aliphatic carbocycles. The molecule has 0 spiro atoms. The van der Waals surface area contributed by atoms with Gasteiger partial charge in [0.25, 0.3) is 0 Å². The smallest absolute Gasteiger partial charge is 0.176 e. The zero-order valence-corrected chi connectivity index (χ0v) is 9.91. The van der Waals surface area contributed by atoms with E-state index in [1.807, 2.05) is 6.92 Å². The first-order valence-corrected chi connectivity index (χ1v) is 5.33. The minimum absolute atomic E-state index is 0.441. The Kier molecular flexibility index (Phi) is 4.73. The summed E-state index contributed by atoms with van der Waals surface area (Å²) in [4.78, 5) is 8.26. The van der Waals surface area contributed by atoms with Crippen molar-refractivity contribution < 1.29 is 0 Å². The number of hydrogen-bond donors (Lipinski definition) is 1. The summed E-state index contributed by atoms with van der Waals surface area (Å²) >= 11 is 5.97. The Balaban J connectivity index is 2.96. The Morgan fingerprint density at radius 3 is 2.88 bits per heavy atom. The SMILES string of the molecule is C=C/C=C\C=C(/N)c1ncc(CC)c(Cl)n1. The van der Waals surface area contributed by atoms with Crippen molar-refractivity contribution in [1.29, 1.82) is 0 Å². The number of hydrogen-bond acceptors (Lipinski definition) is 3. The Morgan fingerprint density at radius 2 is 2.31 bits per heavy atom. The lowest BCUT2D eigenvalue weighted by Gasteiger charge is -2.02. The number of rotatable bonds is 4. The van der Waals surface area contributed by atoms with Crippen LogP contribution in [0, 0.1) is 0 Å². The average molecular weight is 236 g/mol. The lowest BCUT2D eigenvalue weighted by atomic mass is 10.2. The monoisotopic (exact) mass is 235 g/mol. The maximum Gasteiger partial charge on any atom is 0.176 e. The summed E-state index contributed by atoms with van der Waals surface area (Å²) in [5.41, 5.74) is 7.18. The zero-order chi connectivity index (χ0) is 12.0. The van der Waals surface area contributed by atoms with Gasteiger partial charge in [0.1, 0.15) is 5.15 Å². The molecule has 84 valence electrons. The van der Waals surface area contributed by atoms with Crippen molar-refractivity contribution in [2.75, 3.05) is 0 Å². The summed E-state index contributed by atoms with van der Waals surface area (Å²) in [6.45, 7) is 5.55. The van der Waals surface area contributed by atoms with Crippen LogP contribution in [0.15, 0.2) is 37.1 Å². The molecule has 0 unspecified atom stereocenters. The Bertz CT molecular complexity index is 436. The standard InChI is InChI=1S/C12H14ClN3/c1-3-5-6-7-10(14)12-15-8-9(4-2)11(13)16-12/h3,5-8H,1,4,14H2,2H3/b6-5-,10-7-. The highest BCUT2D eigenvalue weighted by atomic mass is 35.5. The van der Waals surface area contributed by atoms with Gasteiger partial charge in [-0.2, -0.15) is 0 Å². The largest absolute Gasteiger partial charge is 0.396 e. The lowest BCUT2D eigenvalue weighted by Crippen LogP contribution is -2.03. The summed E-state index contributed by atoms with van der Waals surface area (Å²) < 4.78 is 0. The summed E-state index contributed by atoms with van der Waals surface area (Å²) in [6, 6.07) is 0. The van der Waals surface area contributed by atoms with Crippen molar-refractivity contribution in [3.63, 3.8) is 0 Å². The minimum Gasteiger partial charge on any atom is -0.396 e. The number of nitrogens with zero attached hydrogens (tertiary/aromatic N) is 2. The van der Waals surface area contributed by atoms with Crippen LogP contribution in [-0.4, -0.2) is 9.97 Å². The number of halogens is 1. The fourth-order valence-electron chi connectivity index (χ4n) is 1.07. The second-order valence-electron chi connectivity index (χ2n) is 3.11. The summed E-state index contributed by atoms with van der Waals surface area (Å²) in [5.74, 6) is 0.441. The molecule has 1 rings (SSSR count). The molecule has 2 N–H and O–H groups in total. The topological polar surface area (TPSA) is 51.8 Å². The molecule has 0 amide bonds.